The van der Waals surface area contributed by atoms with Crippen LogP contribution >= 0.6 is 11.3 Å². The van der Waals surface area contributed by atoms with Gasteiger partial charge in [-0.2, -0.15) is 0 Å². The fourth-order valence-electron chi connectivity index (χ4n) is 2.21. The van der Waals surface area contributed by atoms with Crippen LogP contribution in [0.15, 0.2) is 4.99 Å². The lowest BCUT2D eigenvalue weighted by Gasteiger charge is -2.30. The minimum absolute atomic E-state index is 0.662. The van der Waals surface area contributed by atoms with Gasteiger partial charge in [0.1, 0.15) is 0 Å². The summed E-state index contributed by atoms with van der Waals surface area (Å²) in [5.74, 6) is 1.51. The number of nitrogens with zero attached hydrogens (tertiary/aromatic N) is 3. The Morgan fingerprint density at radius 3 is 2.67 bits per heavy atom. The van der Waals surface area contributed by atoms with E-state index in [0.29, 0.717) is 12.5 Å². The van der Waals surface area contributed by atoms with E-state index < -0.39 is 0 Å². The average Bonchev–Trinajstić information content (AvgIpc) is 2.66. The number of nitrogens with two attached hydrogens (primary N) is 1. The van der Waals surface area contributed by atoms with Crippen LogP contribution in [0.5, 0.6) is 0 Å². The number of aromatic nitrogens is 1. The second-order valence-corrected chi connectivity index (χ2v) is 6.37. The Bertz CT molecular complexity index is 430. The lowest BCUT2D eigenvalue weighted by Crippen LogP contribution is -2.42. The number of likely N-dealkylation sites (tertiary alicyclic amines) is 1. The molecule has 0 saturated carbocycles. The van der Waals surface area contributed by atoms with Gasteiger partial charge in [0, 0.05) is 18.0 Å². The number of hydrogen-bond acceptors (Lipinski definition) is 3. The Morgan fingerprint density at radius 2 is 2.11 bits per heavy atom. The zero-order chi connectivity index (χ0) is 13.1. The van der Waals surface area contributed by atoms with E-state index in [9.17, 15) is 0 Å². The quantitative estimate of drug-likeness (QED) is 0.660. The third kappa shape index (κ3) is 3.22. The molecule has 5 heteroatoms. The predicted molar refractivity (Wildman–Crippen MR) is 76.9 cm³/mol. The molecule has 18 heavy (non-hydrogen) atoms. The normalized spacial score (nSPS) is 18.4. The molecule has 0 atom stereocenters. The lowest BCUT2D eigenvalue weighted by molar-refractivity contribution is 0.277. The molecule has 0 amide bonds. The van der Waals surface area contributed by atoms with Gasteiger partial charge in [0.2, 0.25) is 0 Å². The van der Waals surface area contributed by atoms with Crippen molar-refractivity contribution in [1.82, 2.24) is 9.88 Å². The van der Waals surface area contributed by atoms with E-state index in [1.54, 1.807) is 11.3 Å². The molecule has 0 bridgehead atoms. The highest BCUT2D eigenvalue weighted by Gasteiger charge is 2.17. The van der Waals surface area contributed by atoms with Gasteiger partial charge in [-0.05, 0) is 32.6 Å². The Balaban J connectivity index is 1.94. The number of rotatable bonds is 2. The van der Waals surface area contributed by atoms with Gasteiger partial charge in [-0.25, -0.2) is 9.98 Å². The van der Waals surface area contributed by atoms with Crippen LogP contribution in [0.25, 0.3) is 0 Å². The molecular weight excluding hydrogens is 244 g/mol. The van der Waals surface area contributed by atoms with Gasteiger partial charge >= 0.3 is 0 Å². The molecule has 1 aromatic rings. The molecule has 1 aromatic heterocycles. The SMILES string of the molecule is Cc1nc(C)c(CN=C(N)N2CCC(C)CC2)s1. The predicted octanol–water partition coefficient (Wildman–Crippen LogP) is 2.31. The maximum Gasteiger partial charge on any atom is 0.191 e. The topological polar surface area (TPSA) is 54.5 Å². The molecule has 1 saturated heterocycles. The Hall–Kier alpha value is -1.10. The molecule has 0 aliphatic carbocycles. The zero-order valence-corrected chi connectivity index (χ0v) is 12.3. The van der Waals surface area contributed by atoms with E-state index in [1.807, 2.05) is 13.8 Å². The molecule has 0 spiro atoms. The van der Waals surface area contributed by atoms with Crippen LogP contribution in [0.3, 0.4) is 0 Å². The molecular formula is C13H22N4S. The van der Waals surface area contributed by atoms with Crippen LogP contribution in [0.2, 0.25) is 0 Å². The molecule has 0 radical (unpaired) electrons. The third-order valence-corrected chi connectivity index (χ3v) is 4.55. The van der Waals surface area contributed by atoms with Gasteiger partial charge in [-0.15, -0.1) is 11.3 Å². The van der Waals surface area contributed by atoms with Gasteiger partial charge in [0.25, 0.3) is 0 Å². The minimum atomic E-state index is 0.662. The number of hydrogen-bond donors (Lipinski definition) is 1. The first-order chi connectivity index (χ1) is 8.56. The van der Waals surface area contributed by atoms with Crippen molar-refractivity contribution in [2.45, 2.75) is 40.2 Å². The van der Waals surface area contributed by atoms with E-state index in [0.717, 1.165) is 29.7 Å². The summed E-state index contributed by atoms with van der Waals surface area (Å²) in [7, 11) is 0. The molecule has 1 fully saturated rings. The first-order valence-electron chi connectivity index (χ1n) is 6.54. The highest BCUT2D eigenvalue weighted by atomic mass is 32.1. The first-order valence-corrected chi connectivity index (χ1v) is 7.35. The van der Waals surface area contributed by atoms with E-state index in [4.69, 9.17) is 5.73 Å². The monoisotopic (exact) mass is 266 g/mol. The summed E-state index contributed by atoms with van der Waals surface area (Å²) in [5, 5.41) is 1.10. The summed E-state index contributed by atoms with van der Waals surface area (Å²) < 4.78 is 0. The third-order valence-electron chi connectivity index (χ3n) is 3.49. The molecule has 1 aliphatic heterocycles. The van der Waals surface area contributed by atoms with E-state index in [-0.39, 0.29) is 0 Å². The van der Waals surface area contributed by atoms with Crippen molar-refractivity contribution in [1.29, 1.82) is 0 Å². The van der Waals surface area contributed by atoms with Crippen LogP contribution in [-0.2, 0) is 6.54 Å². The van der Waals surface area contributed by atoms with Crippen molar-refractivity contribution in [3.05, 3.63) is 15.6 Å². The second-order valence-electron chi connectivity index (χ2n) is 5.09. The highest BCUT2D eigenvalue weighted by Crippen LogP contribution is 2.19. The van der Waals surface area contributed by atoms with Crippen molar-refractivity contribution >= 4 is 17.3 Å². The van der Waals surface area contributed by atoms with Crippen LogP contribution in [-0.4, -0.2) is 28.9 Å². The molecule has 0 aromatic carbocycles. The molecule has 4 nitrogen and oxygen atoms in total. The smallest absolute Gasteiger partial charge is 0.191 e. The number of aryl methyl sites for hydroxylation is 2. The van der Waals surface area contributed by atoms with Gasteiger partial charge in [-0.3, -0.25) is 0 Å². The van der Waals surface area contributed by atoms with Crippen molar-refractivity contribution in [3.63, 3.8) is 0 Å². The number of thiazole rings is 1. The molecule has 2 N–H and O–H groups in total. The fraction of sp³-hybridized carbons (Fsp3) is 0.692. The van der Waals surface area contributed by atoms with Gasteiger partial charge in [-0.1, -0.05) is 6.92 Å². The van der Waals surface area contributed by atoms with Gasteiger partial charge < -0.3 is 10.6 Å². The van der Waals surface area contributed by atoms with Crippen molar-refractivity contribution in [2.24, 2.45) is 16.6 Å². The summed E-state index contributed by atoms with van der Waals surface area (Å²) >= 11 is 1.71. The Kier molecular flexibility index (Phi) is 4.22. The highest BCUT2D eigenvalue weighted by molar-refractivity contribution is 7.11. The zero-order valence-electron chi connectivity index (χ0n) is 11.4. The summed E-state index contributed by atoms with van der Waals surface area (Å²) in [6.07, 6.45) is 2.43. The summed E-state index contributed by atoms with van der Waals surface area (Å²) in [5.41, 5.74) is 7.14. The summed E-state index contributed by atoms with van der Waals surface area (Å²) in [6, 6.07) is 0. The molecule has 0 unspecified atom stereocenters. The van der Waals surface area contributed by atoms with Crippen LogP contribution < -0.4 is 5.73 Å². The molecule has 2 rings (SSSR count). The number of piperidine rings is 1. The van der Waals surface area contributed by atoms with Crippen LogP contribution in [0.4, 0.5) is 0 Å². The molecule has 100 valence electrons. The summed E-state index contributed by atoms with van der Waals surface area (Å²) in [6.45, 7) is 9.10. The first kappa shape index (κ1) is 13.3. The Labute approximate surface area is 113 Å². The maximum atomic E-state index is 6.06. The standard InChI is InChI=1S/C13H22N4S/c1-9-4-6-17(7-5-9)13(14)15-8-12-10(2)16-11(3)18-12/h9H,4-8H2,1-3H3,(H2,14,15). The van der Waals surface area contributed by atoms with E-state index in [1.165, 1.54) is 17.7 Å². The van der Waals surface area contributed by atoms with Crippen LogP contribution in [0, 0.1) is 19.8 Å². The second kappa shape index (κ2) is 5.69. The van der Waals surface area contributed by atoms with Crippen molar-refractivity contribution < 1.29 is 0 Å². The van der Waals surface area contributed by atoms with Gasteiger partial charge in [0.15, 0.2) is 5.96 Å². The van der Waals surface area contributed by atoms with Crippen molar-refractivity contribution in [3.8, 4) is 0 Å². The molecule has 1 aliphatic rings. The van der Waals surface area contributed by atoms with Crippen molar-refractivity contribution in [2.75, 3.05) is 13.1 Å². The largest absolute Gasteiger partial charge is 0.370 e. The van der Waals surface area contributed by atoms with Crippen LogP contribution in [0.1, 0.15) is 35.3 Å². The average molecular weight is 266 g/mol. The van der Waals surface area contributed by atoms with Gasteiger partial charge in [0.05, 0.1) is 17.2 Å². The molecule has 2 heterocycles. The lowest BCUT2D eigenvalue weighted by atomic mass is 10.00. The van der Waals surface area contributed by atoms with E-state index in [2.05, 4.69) is 21.8 Å². The fourth-order valence-corrected chi connectivity index (χ4v) is 3.07. The summed E-state index contributed by atoms with van der Waals surface area (Å²) in [4.78, 5) is 12.3. The minimum Gasteiger partial charge on any atom is -0.370 e. The van der Waals surface area contributed by atoms with E-state index >= 15 is 0 Å². The number of guanidine groups is 1. The number of aliphatic imine (C=N–C) groups is 1. The maximum absolute atomic E-state index is 6.06. The Morgan fingerprint density at radius 1 is 1.44 bits per heavy atom.